The highest BCUT2D eigenvalue weighted by Gasteiger charge is 2.39. The molecule has 0 bridgehead atoms. The molecule has 0 saturated carbocycles. The van der Waals surface area contributed by atoms with E-state index in [1.54, 1.807) is 26.8 Å². The maximum absolute atomic E-state index is 13.1. The molecule has 2 aromatic rings. The molecule has 1 N–H and O–H groups in total. The second kappa shape index (κ2) is 13.7. The number of hydrogen-bond acceptors (Lipinski definition) is 6. The standard InChI is InChI=1S/C31H45NO6Si/c1-10-11-17-35-25-18-24(19-26(21-25)38-39(8,9)31(5,6)7)20-27(32-29(34)37-30(2,3)4)28(33)36-22-23-15-13-12-14-16-23/h12-16,18-21H,10-11,17,22H2,1-9H3,(H,32,34)/b27-20-. The Morgan fingerprint density at radius 3 is 2.18 bits per heavy atom. The molecule has 0 heterocycles. The lowest BCUT2D eigenvalue weighted by atomic mass is 10.1. The van der Waals surface area contributed by atoms with Gasteiger partial charge in [0.1, 0.15) is 29.4 Å². The smallest absolute Gasteiger partial charge is 0.412 e. The summed E-state index contributed by atoms with van der Waals surface area (Å²) in [6.07, 6.45) is 2.72. The Labute approximate surface area is 235 Å². The topological polar surface area (TPSA) is 83.1 Å². The molecular weight excluding hydrogens is 510 g/mol. The van der Waals surface area contributed by atoms with E-state index < -0.39 is 26.0 Å². The number of unbranched alkanes of at least 4 members (excludes halogenated alkanes) is 1. The van der Waals surface area contributed by atoms with E-state index in [1.165, 1.54) is 0 Å². The van der Waals surface area contributed by atoms with Crippen molar-refractivity contribution in [2.75, 3.05) is 6.61 Å². The Morgan fingerprint density at radius 1 is 0.949 bits per heavy atom. The van der Waals surface area contributed by atoms with Gasteiger partial charge < -0.3 is 18.6 Å². The SMILES string of the molecule is CCCCOc1cc(/C=C(\NC(=O)OC(C)(C)C)C(=O)OCc2ccccc2)cc(O[Si](C)(C)C(C)(C)C)c1. The van der Waals surface area contributed by atoms with Gasteiger partial charge in [0, 0.05) is 6.07 Å². The van der Waals surface area contributed by atoms with Crippen LogP contribution in [0.2, 0.25) is 18.1 Å². The van der Waals surface area contributed by atoms with E-state index >= 15 is 0 Å². The first-order valence-corrected chi connectivity index (χ1v) is 16.4. The van der Waals surface area contributed by atoms with Gasteiger partial charge in [-0.1, -0.05) is 64.4 Å². The highest BCUT2D eigenvalue weighted by Crippen LogP contribution is 2.38. The normalized spacial score (nSPS) is 12.5. The fourth-order valence-corrected chi connectivity index (χ4v) is 4.14. The highest BCUT2D eigenvalue weighted by molar-refractivity contribution is 6.74. The molecule has 1 amide bonds. The molecule has 0 saturated heterocycles. The predicted octanol–water partition coefficient (Wildman–Crippen LogP) is 7.86. The number of hydrogen-bond donors (Lipinski definition) is 1. The van der Waals surface area contributed by atoms with Crippen molar-refractivity contribution in [3.05, 3.63) is 65.4 Å². The second-order valence-corrected chi connectivity index (χ2v) is 16.8. The van der Waals surface area contributed by atoms with Crippen molar-refractivity contribution >= 4 is 26.5 Å². The van der Waals surface area contributed by atoms with Gasteiger partial charge in [0.15, 0.2) is 0 Å². The van der Waals surface area contributed by atoms with Crippen LogP contribution in [0.5, 0.6) is 11.5 Å². The maximum Gasteiger partial charge on any atom is 0.412 e. The number of nitrogens with one attached hydrogen (secondary N) is 1. The molecule has 0 aliphatic heterocycles. The number of carbonyl (C=O) groups excluding carboxylic acids is 2. The number of carbonyl (C=O) groups is 2. The third-order valence-electron chi connectivity index (χ3n) is 6.23. The predicted molar refractivity (Wildman–Crippen MR) is 158 cm³/mol. The van der Waals surface area contributed by atoms with Gasteiger partial charge in [0.05, 0.1) is 6.61 Å². The van der Waals surface area contributed by atoms with Gasteiger partial charge in [-0.15, -0.1) is 0 Å². The maximum atomic E-state index is 13.1. The van der Waals surface area contributed by atoms with E-state index in [1.807, 2.05) is 48.5 Å². The summed E-state index contributed by atoms with van der Waals surface area (Å²) in [4.78, 5) is 25.8. The van der Waals surface area contributed by atoms with Gasteiger partial charge in [-0.2, -0.15) is 0 Å². The molecule has 214 valence electrons. The first kappa shape index (κ1) is 32.0. The van der Waals surface area contributed by atoms with Crippen LogP contribution in [0.4, 0.5) is 4.79 Å². The van der Waals surface area contributed by atoms with Crippen molar-refractivity contribution in [3.8, 4) is 11.5 Å². The Bertz CT molecular complexity index is 1130. The molecule has 39 heavy (non-hydrogen) atoms. The first-order valence-electron chi connectivity index (χ1n) is 13.5. The lowest BCUT2D eigenvalue weighted by Crippen LogP contribution is -2.43. The first-order chi connectivity index (χ1) is 18.1. The largest absolute Gasteiger partial charge is 0.543 e. The van der Waals surface area contributed by atoms with E-state index in [0.717, 1.165) is 18.4 Å². The van der Waals surface area contributed by atoms with E-state index in [2.05, 4.69) is 46.1 Å². The molecule has 8 heteroatoms. The number of benzene rings is 2. The van der Waals surface area contributed by atoms with Gasteiger partial charge in [0.25, 0.3) is 0 Å². The van der Waals surface area contributed by atoms with Crippen LogP contribution < -0.4 is 14.5 Å². The van der Waals surface area contributed by atoms with Crippen LogP contribution in [0.1, 0.15) is 72.4 Å². The minimum atomic E-state index is -2.15. The Balaban J connectivity index is 2.46. The van der Waals surface area contributed by atoms with Crippen LogP contribution in [-0.4, -0.2) is 32.6 Å². The Hall–Kier alpha value is -3.26. The van der Waals surface area contributed by atoms with Crippen LogP contribution in [-0.2, 0) is 20.9 Å². The van der Waals surface area contributed by atoms with E-state index in [9.17, 15) is 9.59 Å². The zero-order valence-electron chi connectivity index (χ0n) is 25.0. The zero-order chi connectivity index (χ0) is 29.3. The third-order valence-corrected chi connectivity index (χ3v) is 10.6. The summed E-state index contributed by atoms with van der Waals surface area (Å²) in [6.45, 7) is 18.9. The van der Waals surface area contributed by atoms with Crippen molar-refractivity contribution in [2.45, 2.75) is 91.6 Å². The molecule has 0 aliphatic carbocycles. The minimum Gasteiger partial charge on any atom is -0.543 e. The van der Waals surface area contributed by atoms with Gasteiger partial charge in [-0.05, 0) is 74.7 Å². The van der Waals surface area contributed by atoms with Crippen molar-refractivity contribution in [1.82, 2.24) is 5.32 Å². The van der Waals surface area contributed by atoms with Gasteiger partial charge in [-0.25, -0.2) is 9.59 Å². The monoisotopic (exact) mass is 555 g/mol. The van der Waals surface area contributed by atoms with Crippen LogP contribution in [0.3, 0.4) is 0 Å². The van der Waals surface area contributed by atoms with Gasteiger partial charge in [-0.3, -0.25) is 5.32 Å². The summed E-state index contributed by atoms with van der Waals surface area (Å²) in [5.74, 6) is 0.588. The number of esters is 1. The fraction of sp³-hybridized carbons (Fsp3) is 0.484. The third kappa shape index (κ3) is 11.2. The number of ether oxygens (including phenoxy) is 3. The lowest BCUT2D eigenvalue weighted by molar-refractivity contribution is -0.140. The second-order valence-electron chi connectivity index (χ2n) is 12.0. The van der Waals surface area contributed by atoms with E-state index in [0.29, 0.717) is 23.7 Å². The molecule has 0 radical (unpaired) electrons. The van der Waals surface area contributed by atoms with Gasteiger partial charge >= 0.3 is 12.1 Å². The van der Waals surface area contributed by atoms with Gasteiger partial charge in [0.2, 0.25) is 8.32 Å². The summed E-state index contributed by atoms with van der Waals surface area (Å²) < 4.78 is 23.5. The molecule has 2 rings (SSSR count). The van der Waals surface area contributed by atoms with E-state index in [4.69, 9.17) is 18.6 Å². The summed E-state index contributed by atoms with van der Waals surface area (Å²) in [5, 5.41) is 2.57. The average Bonchev–Trinajstić information content (AvgIpc) is 2.80. The molecule has 0 unspecified atom stereocenters. The molecule has 0 aromatic heterocycles. The molecular formula is C31H45NO6Si. The zero-order valence-corrected chi connectivity index (χ0v) is 26.0. The Kier molecular flexibility index (Phi) is 11.2. The summed E-state index contributed by atoms with van der Waals surface area (Å²) >= 11 is 0. The minimum absolute atomic E-state index is 0.00719. The number of rotatable bonds is 11. The van der Waals surface area contributed by atoms with Crippen LogP contribution in [0, 0.1) is 0 Å². The van der Waals surface area contributed by atoms with Crippen LogP contribution in [0.25, 0.3) is 6.08 Å². The van der Waals surface area contributed by atoms with Crippen molar-refractivity contribution in [2.24, 2.45) is 0 Å². The number of alkyl carbamates (subject to hydrolysis) is 1. The summed E-state index contributed by atoms with van der Waals surface area (Å²) in [7, 11) is -2.15. The molecule has 0 spiro atoms. The molecule has 0 atom stereocenters. The van der Waals surface area contributed by atoms with Crippen molar-refractivity contribution < 1.29 is 28.2 Å². The number of amides is 1. The van der Waals surface area contributed by atoms with Crippen molar-refractivity contribution in [3.63, 3.8) is 0 Å². The molecule has 2 aromatic carbocycles. The molecule has 0 aliphatic rings. The fourth-order valence-electron chi connectivity index (χ4n) is 3.13. The van der Waals surface area contributed by atoms with E-state index in [-0.39, 0.29) is 17.3 Å². The van der Waals surface area contributed by atoms with Crippen LogP contribution in [0.15, 0.2) is 54.2 Å². The van der Waals surface area contributed by atoms with Crippen LogP contribution >= 0.6 is 0 Å². The average molecular weight is 556 g/mol. The summed E-state index contributed by atoms with van der Waals surface area (Å²) in [6, 6.07) is 14.9. The molecule has 0 fully saturated rings. The quantitative estimate of drug-likeness (QED) is 0.132. The summed E-state index contributed by atoms with van der Waals surface area (Å²) in [5.41, 5.74) is 0.670. The Morgan fingerprint density at radius 2 is 1.59 bits per heavy atom. The highest BCUT2D eigenvalue weighted by atomic mass is 28.4. The molecule has 7 nitrogen and oxygen atoms in total. The van der Waals surface area contributed by atoms with Crippen molar-refractivity contribution in [1.29, 1.82) is 0 Å². The lowest BCUT2D eigenvalue weighted by Gasteiger charge is -2.36.